The summed E-state index contributed by atoms with van der Waals surface area (Å²) in [6, 6.07) is 8.82. The van der Waals surface area contributed by atoms with Gasteiger partial charge in [-0.25, -0.2) is 0 Å². The van der Waals surface area contributed by atoms with E-state index in [2.05, 4.69) is 0 Å². The first kappa shape index (κ1) is 18.7. The van der Waals surface area contributed by atoms with E-state index in [0.717, 1.165) is 28.3 Å². The van der Waals surface area contributed by atoms with Gasteiger partial charge in [0.15, 0.2) is 0 Å². The Kier molecular flexibility index (Phi) is 5.54. The molecule has 1 aliphatic heterocycles. The van der Waals surface area contributed by atoms with Gasteiger partial charge in [-0.05, 0) is 62.1 Å². The molecule has 0 aromatic heterocycles. The summed E-state index contributed by atoms with van der Waals surface area (Å²) in [5.41, 5.74) is 2.86. The molecule has 0 fully saturated rings. The Morgan fingerprint density at radius 3 is 2.42 bits per heavy atom. The van der Waals surface area contributed by atoms with Crippen molar-refractivity contribution in [3.8, 4) is 5.75 Å². The van der Waals surface area contributed by atoms with Gasteiger partial charge in [-0.2, -0.15) is 0 Å². The molecule has 0 unspecified atom stereocenters. The first-order chi connectivity index (χ1) is 12.4. The minimum absolute atomic E-state index is 0.380. The van der Waals surface area contributed by atoms with Crippen LogP contribution in [0.5, 0.6) is 5.75 Å². The molecular weight excluding hydrogens is 373 g/mol. The number of unbranched alkanes of at least 4 members (excludes halogenated alkanes) is 1. The number of rotatable bonds is 6. The van der Waals surface area contributed by atoms with Crippen molar-refractivity contribution in [3.63, 3.8) is 0 Å². The van der Waals surface area contributed by atoms with Gasteiger partial charge in [-0.15, -0.1) is 0 Å². The number of benzene rings is 2. The topological polar surface area (TPSA) is 46.6 Å². The fourth-order valence-electron chi connectivity index (χ4n) is 3.08. The van der Waals surface area contributed by atoms with E-state index in [0.29, 0.717) is 35.8 Å². The smallest absolute Gasteiger partial charge is 0.299 e. The van der Waals surface area contributed by atoms with Crippen molar-refractivity contribution >= 4 is 40.6 Å². The van der Waals surface area contributed by atoms with Crippen molar-refractivity contribution in [1.82, 2.24) is 0 Å². The van der Waals surface area contributed by atoms with E-state index in [-0.39, 0.29) is 0 Å². The zero-order valence-corrected chi connectivity index (χ0v) is 16.2. The van der Waals surface area contributed by atoms with Gasteiger partial charge >= 0.3 is 0 Å². The Balaban J connectivity index is 1.55. The summed E-state index contributed by atoms with van der Waals surface area (Å²) in [6.07, 6.45) is 1.45. The van der Waals surface area contributed by atoms with Crippen LogP contribution in [-0.4, -0.2) is 24.8 Å². The number of carbonyl (C=O) groups excluding carboxylic acids is 2. The summed E-state index contributed by atoms with van der Waals surface area (Å²) in [5, 5.41) is 1.18. The van der Waals surface area contributed by atoms with Crippen LogP contribution < -0.4 is 9.64 Å². The number of hydrogen-bond donors (Lipinski definition) is 0. The molecule has 136 valence electrons. The van der Waals surface area contributed by atoms with E-state index in [1.807, 2.05) is 26.0 Å². The fourth-order valence-corrected chi connectivity index (χ4v) is 3.46. The van der Waals surface area contributed by atoms with E-state index in [9.17, 15) is 9.59 Å². The molecule has 0 bridgehead atoms. The number of hydrogen-bond acceptors (Lipinski definition) is 3. The van der Waals surface area contributed by atoms with Crippen molar-refractivity contribution in [1.29, 1.82) is 0 Å². The summed E-state index contributed by atoms with van der Waals surface area (Å²) >= 11 is 12.3. The number of carbonyl (C=O) groups is 2. The number of ether oxygens (including phenoxy) is 1. The average molecular weight is 392 g/mol. The maximum atomic E-state index is 12.2. The van der Waals surface area contributed by atoms with Gasteiger partial charge in [0.05, 0.1) is 22.9 Å². The number of amides is 1. The number of para-hydroxylation sites is 1. The quantitative estimate of drug-likeness (QED) is 0.514. The molecule has 0 N–H and O–H groups in total. The van der Waals surface area contributed by atoms with Crippen LogP contribution in [0.2, 0.25) is 10.0 Å². The molecule has 2 aromatic carbocycles. The molecule has 26 heavy (non-hydrogen) atoms. The predicted molar refractivity (Wildman–Crippen MR) is 104 cm³/mol. The fraction of sp³-hybridized carbons (Fsp3) is 0.300. The van der Waals surface area contributed by atoms with Crippen LogP contribution in [0.4, 0.5) is 5.69 Å². The van der Waals surface area contributed by atoms with Gasteiger partial charge in [0.1, 0.15) is 5.75 Å². The standard InChI is InChI=1S/C20H19Cl2NO3/c1-12-10-14(11-13(2)17(12)22)26-9-4-3-8-23-18-15(19(24)20(23)25)6-5-7-16(18)21/h5-7,10-11H,3-4,8-9H2,1-2H3. The molecular formula is C20H19Cl2NO3. The monoisotopic (exact) mass is 391 g/mol. The van der Waals surface area contributed by atoms with E-state index in [4.69, 9.17) is 27.9 Å². The van der Waals surface area contributed by atoms with Crippen LogP contribution in [0.15, 0.2) is 30.3 Å². The van der Waals surface area contributed by atoms with Crippen molar-refractivity contribution in [2.24, 2.45) is 0 Å². The highest BCUT2D eigenvalue weighted by Crippen LogP contribution is 2.35. The third-order valence-electron chi connectivity index (χ3n) is 4.40. The Bertz CT molecular complexity index is 856. The van der Waals surface area contributed by atoms with Gasteiger partial charge in [0.2, 0.25) is 0 Å². The predicted octanol–water partition coefficient (Wildman–Crippen LogP) is 5.00. The van der Waals surface area contributed by atoms with E-state index in [1.54, 1.807) is 18.2 Å². The van der Waals surface area contributed by atoms with Crippen molar-refractivity contribution < 1.29 is 14.3 Å². The average Bonchev–Trinajstić information content (AvgIpc) is 2.85. The molecule has 0 spiro atoms. The lowest BCUT2D eigenvalue weighted by molar-refractivity contribution is -0.114. The summed E-state index contributed by atoms with van der Waals surface area (Å²) < 4.78 is 5.77. The number of halogens is 2. The van der Waals surface area contributed by atoms with Crippen molar-refractivity contribution in [2.45, 2.75) is 26.7 Å². The highest BCUT2D eigenvalue weighted by atomic mass is 35.5. The van der Waals surface area contributed by atoms with Gasteiger partial charge in [0.25, 0.3) is 11.7 Å². The lowest BCUT2D eigenvalue weighted by Gasteiger charge is -2.17. The first-order valence-electron chi connectivity index (χ1n) is 8.44. The normalized spacial score (nSPS) is 13.3. The molecule has 0 saturated heterocycles. The third kappa shape index (κ3) is 3.57. The molecule has 3 rings (SSSR count). The van der Waals surface area contributed by atoms with Crippen LogP contribution in [0.1, 0.15) is 34.3 Å². The van der Waals surface area contributed by atoms with Gasteiger partial charge in [0, 0.05) is 11.6 Å². The number of ketones is 1. The van der Waals surface area contributed by atoms with Crippen molar-refractivity contribution in [2.75, 3.05) is 18.1 Å². The van der Waals surface area contributed by atoms with Crippen molar-refractivity contribution in [3.05, 3.63) is 57.1 Å². The highest BCUT2D eigenvalue weighted by molar-refractivity contribution is 6.54. The molecule has 1 aliphatic rings. The molecule has 0 atom stereocenters. The highest BCUT2D eigenvalue weighted by Gasteiger charge is 2.36. The van der Waals surface area contributed by atoms with Gasteiger partial charge in [-0.1, -0.05) is 29.3 Å². The Hall–Kier alpha value is -2.04. The van der Waals surface area contributed by atoms with Crippen LogP contribution in [-0.2, 0) is 4.79 Å². The summed E-state index contributed by atoms with van der Waals surface area (Å²) in [6.45, 7) is 4.84. The molecule has 2 aromatic rings. The first-order valence-corrected chi connectivity index (χ1v) is 9.20. The SMILES string of the molecule is Cc1cc(OCCCCN2C(=O)C(=O)c3cccc(Cl)c32)cc(C)c1Cl. The number of fused-ring (bicyclic) bond motifs is 1. The minimum atomic E-state index is -0.516. The maximum absolute atomic E-state index is 12.2. The van der Waals surface area contributed by atoms with E-state index < -0.39 is 11.7 Å². The molecule has 1 amide bonds. The molecule has 0 aliphatic carbocycles. The lowest BCUT2D eigenvalue weighted by atomic mass is 10.1. The number of anilines is 1. The maximum Gasteiger partial charge on any atom is 0.299 e. The zero-order chi connectivity index (χ0) is 18.8. The Morgan fingerprint density at radius 1 is 1.04 bits per heavy atom. The number of aryl methyl sites for hydroxylation is 2. The number of Topliss-reactive ketones (excluding diaryl/α,β-unsaturated/α-hetero) is 1. The Morgan fingerprint density at radius 2 is 1.73 bits per heavy atom. The summed E-state index contributed by atoms with van der Waals surface area (Å²) in [4.78, 5) is 25.7. The molecule has 1 heterocycles. The Labute approximate surface area is 162 Å². The van der Waals surface area contributed by atoms with E-state index >= 15 is 0 Å². The molecule has 0 saturated carbocycles. The van der Waals surface area contributed by atoms with E-state index in [1.165, 1.54) is 4.90 Å². The van der Waals surface area contributed by atoms with Gasteiger partial charge < -0.3 is 9.64 Å². The van der Waals surface area contributed by atoms with Crippen LogP contribution in [0.3, 0.4) is 0 Å². The second-order valence-electron chi connectivity index (χ2n) is 6.35. The van der Waals surface area contributed by atoms with Crippen LogP contribution in [0, 0.1) is 13.8 Å². The second kappa shape index (κ2) is 7.68. The number of nitrogens with zero attached hydrogens (tertiary/aromatic N) is 1. The third-order valence-corrected chi connectivity index (χ3v) is 5.30. The van der Waals surface area contributed by atoms with Crippen LogP contribution >= 0.6 is 23.2 Å². The largest absolute Gasteiger partial charge is 0.494 e. The van der Waals surface area contributed by atoms with Crippen LogP contribution in [0.25, 0.3) is 0 Å². The lowest BCUT2D eigenvalue weighted by Crippen LogP contribution is -2.31. The molecule has 4 nitrogen and oxygen atoms in total. The molecule has 0 radical (unpaired) electrons. The molecule has 6 heteroatoms. The minimum Gasteiger partial charge on any atom is -0.494 e. The van der Waals surface area contributed by atoms with Gasteiger partial charge in [-0.3, -0.25) is 9.59 Å². The summed E-state index contributed by atoms with van der Waals surface area (Å²) in [5.74, 6) is -0.228. The summed E-state index contributed by atoms with van der Waals surface area (Å²) in [7, 11) is 0. The zero-order valence-electron chi connectivity index (χ0n) is 14.6. The second-order valence-corrected chi connectivity index (χ2v) is 7.13.